The molecule has 0 spiro atoms. The van der Waals surface area contributed by atoms with E-state index in [-0.39, 0.29) is 60.5 Å². The van der Waals surface area contributed by atoms with Crippen LogP contribution in [0.4, 0.5) is 4.39 Å². The number of carbonyl (C=O) groups is 6. The van der Waals surface area contributed by atoms with Crippen LogP contribution in [0.5, 0.6) is 0 Å². The van der Waals surface area contributed by atoms with Crippen molar-refractivity contribution in [3.63, 3.8) is 0 Å². The third-order valence-electron chi connectivity index (χ3n) is 15.8. The van der Waals surface area contributed by atoms with Gasteiger partial charge in [-0.2, -0.15) is 0 Å². The van der Waals surface area contributed by atoms with E-state index < -0.39 is 94.4 Å². The number of benzene rings is 1. The molecule has 84 heavy (non-hydrogen) atoms. The first-order chi connectivity index (χ1) is 40.1. The minimum atomic E-state index is -3.55. The number of amides is 5. The third-order valence-corrected chi connectivity index (χ3v) is 16.7. The lowest BCUT2D eigenvalue weighted by Gasteiger charge is -2.31. The van der Waals surface area contributed by atoms with Gasteiger partial charge in [0.2, 0.25) is 44.5 Å². The molecule has 1 aromatic carbocycles. The number of esters is 1. The van der Waals surface area contributed by atoms with Gasteiger partial charge in [-0.05, 0) is 107 Å². The largest absolute Gasteiger partial charge is 0.458 e. The highest BCUT2D eigenvalue weighted by Crippen LogP contribution is 2.46. The molecule has 6 heterocycles. The summed E-state index contributed by atoms with van der Waals surface area (Å²) >= 11 is 0. The lowest BCUT2D eigenvalue weighted by Crippen LogP contribution is -2.56. The second-order valence-corrected chi connectivity index (χ2v) is 23.8. The van der Waals surface area contributed by atoms with Gasteiger partial charge in [0.15, 0.2) is 5.60 Å². The number of fused-ring (bicyclic) bond motifs is 5. The van der Waals surface area contributed by atoms with E-state index in [0.717, 1.165) is 37.9 Å². The lowest BCUT2D eigenvalue weighted by molar-refractivity contribution is -0.172. The number of ether oxygens (including phenoxy) is 2. The first-order valence-corrected chi connectivity index (χ1v) is 30.4. The lowest BCUT2D eigenvalue weighted by atomic mass is 9.81. The standard InChI is InChI=1S/C57H74FN13O12S/c1-8-57(79)38-22-44-51-36(27-71(44)54(77)37(38)29-83-55(57)78)49-40(19-18-35-33(6)39(58)23-42(64-51)48(35)49)63-47(74)30-82-31-62-46(73)26-59-52(75)41(16-13-15-20-69(9-2)10-3)65-53(76)50(32(4)5)66-45(72)17-12-11-14-21-70-28-43(67-68-70)34-24-60-56(61-25-34)84(7,80)81/h22-25,28,32,40-41,50,79H,8-21,26-27,29-31H2,1-7H3,(H,59,75)(H,62,73)(H,63,74)(H,65,76)(H,66,72)/t40-,41-,50-,57-/m0/s1. The normalized spacial score (nSPS) is 16.8. The van der Waals surface area contributed by atoms with Crippen LogP contribution in [-0.2, 0) is 79.8 Å². The molecule has 4 atom stereocenters. The smallest absolute Gasteiger partial charge is 0.343 e. The Hall–Kier alpha value is -7.62. The predicted octanol–water partition coefficient (Wildman–Crippen LogP) is 2.69. The zero-order valence-electron chi connectivity index (χ0n) is 48.4. The Bertz CT molecular complexity index is 3500. The molecule has 4 aromatic heterocycles. The summed E-state index contributed by atoms with van der Waals surface area (Å²) in [5.74, 6) is -4.30. The van der Waals surface area contributed by atoms with E-state index in [2.05, 4.69) is 65.6 Å². The molecule has 25 nitrogen and oxygen atoms in total. The van der Waals surface area contributed by atoms with Gasteiger partial charge >= 0.3 is 5.97 Å². The Morgan fingerprint density at radius 2 is 1.69 bits per heavy atom. The topological polar surface area (TPSA) is 330 Å². The summed E-state index contributed by atoms with van der Waals surface area (Å²) in [5, 5.41) is 33.8. The summed E-state index contributed by atoms with van der Waals surface area (Å²) in [4.78, 5) is 109. The van der Waals surface area contributed by atoms with E-state index in [9.17, 15) is 47.1 Å². The summed E-state index contributed by atoms with van der Waals surface area (Å²) in [6.45, 7) is 12.4. The zero-order valence-corrected chi connectivity index (χ0v) is 49.2. The van der Waals surface area contributed by atoms with Crippen molar-refractivity contribution in [2.75, 3.05) is 45.8 Å². The molecule has 0 saturated carbocycles. The number of halogens is 1. The molecule has 0 fully saturated rings. The van der Waals surface area contributed by atoms with Gasteiger partial charge < -0.3 is 50.6 Å². The average Bonchev–Trinajstić information content (AvgIpc) is 3.14. The number of nitrogens with zero attached hydrogens (tertiary/aromatic N) is 8. The second-order valence-electron chi connectivity index (χ2n) is 21.9. The highest BCUT2D eigenvalue weighted by Gasteiger charge is 2.46. The molecule has 5 amide bonds. The van der Waals surface area contributed by atoms with Crippen molar-refractivity contribution in [3.8, 4) is 22.6 Å². The van der Waals surface area contributed by atoms with Crippen LogP contribution in [-0.4, -0.2) is 146 Å². The number of nitrogens with one attached hydrogen (secondary N) is 5. The monoisotopic (exact) mass is 1180 g/mol. The average molecular weight is 1180 g/mol. The molecule has 0 unspecified atom stereocenters. The first-order valence-electron chi connectivity index (χ1n) is 28.5. The summed E-state index contributed by atoms with van der Waals surface area (Å²) < 4.78 is 52.8. The molecular weight excluding hydrogens is 1110 g/mol. The van der Waals surface area contributed by atoms with Crippen molar-refractivity contribution < 1.29 is 56.2 Å². The second kappa shape index (κ2) is 27.0. The quantitative estimate of drug-likeness (QED) is 0.0178. The van der Waals surface area contributed by atoms with E-state index in [4.69, 9.17) is 14.5 Å². The van der Waals surface area contributed by atoms with Crippen LogP contribution in [0.15, 0.2) is 40.7 Å². The number of cyclic esters (lactones) is 1. The van der Waals surface area contributed by atoms with E-state index >= 15 is 4.39 Å². The van der Waals surface area contributed by atoms with Crippen molar-refractivity contribution in [2.24, 2.45) is 5.92 Å². The number of hydrogen-bond acceptors (Lipinski definition) is 18. The number of pyridine rings is 2. The maximum Gasteiger partial charge on any atom is 0.343 e. The Morgan fingerprint density at radius 1 is 0.940 bits per heavy atom. The minimum absolute atomic E-state index is 0.0452. The van der Waals surface area contributed by atoms with E-state index in [0.29, 0.717) is 95.3 Å². The van der Waals surface area contributed by atoms with Crippen LogP contribution in [0, 0.1) is 18.7 Å². The minimum Gasteiger partial charge on any atom is -0.458 e. The fourth-order valence-electron chi connectivity index (χ4n) is 11.0. The Kier molecular flexibility index (Phi) is 20.0. The van der Waals surface area contributed by atoms with Crippen LogP contribution in [0.1, 0.15) is 132 Å². The molecule has 8 rings (SSSR count). The summed E-state index contributed by atoms with van der Waals surface area (Å²) in [5.41, 5.74) is 2.24. The summed E-state index contributed by atoms with van der Waals surface area (Å²) in [6, 6.07) is 0.290. The van der Waals surface area contributed by atoms with Gasteiger partial charge in [0.05, 0.1) is 47.8 Å². The maximum atomic E-state index is 15.4. The fraction of sp³-hybridized carbons (Fsp3) is 0.544. The van der Waals surface area contributed by atoms with E-state index in [1.807, 2.05) is 0 Å². The highest BCUT2D eigenvalue weighted by molar-refractivity contribution is 7.90. The summed E-state index contributed by atoms with van der Waals surface area (Å²) in [6.07, 6.45) is 9.78. The van der Waals surface area contributed by atoms with Gasteiger partial charge in [-0.15, -0.1) is 5.10 Å². The third kappa shape index (κ3) is 14.0. The Morgan fingerprint density at radius 3 is 2.39 bits per heavy atom. The van der Waals surface area contributed by atoms with Crippen molar-refractivity contribution in [3.05, 3.63) is 80.3 Å². The van der Waals surface area contributed by atoms with Gasteiger partial charge in [-0.25, -0.2) is 32.6 Å². The van der Waals surface area contributed by atoms with Gasteiger partial charge in [-0.1, -0.05) is 46.3 Å². The van der Waals surface area contributed by atoms with Crippen molar-refractivity contribution in [1.82, 2.24) is 66.0 Å². The van der Waals surface area contributed by atoms with E-state index in [1.165, 1.54) is 23.0 Å². The van der Waals surface area contributed by atoms with Crippen molar-refractivity contribution in [2.45, 2.75) is 154 Å². The Balaban J connectivity index is 0.822. The number of aromatic nitrogens is 7. The molecule has 0 bridgehead atoms. The molecule has 0 saturated heterocycles. The molecule has 5 aromatic rings. The number of aryl methyl sites for hydroxylation is 2. The molecule has 0 radical (unpaired) electrons. The first kappa shape index (κ1) is 62.4. The summed E-state index contributed by atoms with van der Waals surface area (Å²) in [7, 11) is -3.55. The van der Waals surface area contributed by atoms with Crippen LogP contribution in [0.3, 0.4) is 0 Å². The molecule has 2 aliphatic heterocycles. The Labute approximate surface area is 485 Å². The van der Waals surface area contributed by atoms with E-state index in [1.54, 1.807) is 44.6 Å². The van der Waals surface area contributed by atoms with Crippen LogP contribution in [0.25, 0.3) is 33.5 Å². The molecule has 1 aliphatic carbocycles. The van der Waals surface area contributed by atoms with Crippen LogP contribution in [0.2, 0.25) is 0 Å². The molecular formula is C57H74FN13O12S. The van der Waals surface area contributed by atoms with Crippen LogP contribution < -0.4 is 32.1 Å². The number of rotatable bonds is 28. The van der Waals surface area contributed by atoms with Crippen molar-refractivity contribution >= 4 is 56.2 Å². The number of sulfone groups is 1. The number of hydrogen-bond donors (Lipinski definition) is 6. The molecule has 6 N–H and O–H groups in total. The number of carbonyl (C=O) groups excluding carboxylic acids is 6. The fourth-order valence-corrected chi connectivity index (χ4v) is 11.5. The van der Waals surface area contributed by atoms with Crippen molar-refractivity contribution in [1.29, 1.82) is 0 Å². The SMILES string of the molecule is CCN(CC)CCCC[C@H](NC(=O)[C@@H](NC(=O)CCCCCn1cc(-c2cnc(S(C)(=O)=O)nc2)nn1)C(C)C)C(=O)NCC(=O)NCOCC(=O)N[C@H]1CCc2c(C)c(F)cc3nc4c(c1c23)Cn1c-4cc2c(c1=O)COC(=O)[C@]2(O)CC. The van der Waals surface area contributed by atoms with Gasteiger partial charge in [0.25, 0.3) is 5.56 Å². The maximum absolute atomic E-state index is 15.4. The van der Waals surface area contributed by atoms with Gasteiger partial charge in [-0.3, -0.25) is 33.4 Å². The van der Waals surface area contributed by atoms with Gasteiger partial charge in [0, 0.05) is 59.8 Å². The molecule has 452 valence electrons. The number of aliphatic hydroxyl groups is 1. The molecule has 3 aliphatic rings. The predicted molar refractivity (Wildman–Crippen MR) is 303 cm³/mol. The number of unbranched alkanes of at least 4 members (excludes halogenated alkanes) is 3. The highest BCUT2D eigenvalue weighted by atomic mass is 32.2. The van der Waals surface area contributed by atoms with Crippen LogP contribution >= 0.6 is 0 Å². The zero-order chi connectivity index (χ0) is 60.6. The van der Waals surface area contributed by atoms with Gasteiger partial charge in [0.1, 0.15) is 43.5 Å². The molecule has 27 heteroatoms.